The summed E-state index contributed by atoms with van der Waals surface area (Å²) in [6.45, 7) is 2.96. The number of guanidine groups is 1. The lowest BCUT2D eigenvalue weighted by atomic mass is 10.2. The monoisotopic (exact) mass is 618 g/mol. The van der Waals surface area contributed by atoms with E-state index in [1.165, 1.54) is 6.33 Å². The first-order valence-corrected chi connectivity index (χ1v) is 14.4. The van der Waals surface area contributed by atoms with Gasteiger partial charge < -0.3 is 24.4 Å². The molecule has 2 aromatic heterocycles. The molecule has 0 bridgehead atoms. The lowest BCUT2D eigenvalue weighted by molar-refractivity contribution is -0.501. The van der Waals surface area contributed by atoms with Gasteiger partial charge in [-0.3, -0.25) is 14.9 Å². The Hall–Kier alpha value is -4.86. The highest BCUT2D eigenvalue weighted by Crippen LogP contribution is 2.36. The average molecular weight is 619 g/mol. The Morgan fingerprint density at radius 2 is 1.91 bits per heavy atom. The van der Waals surface area contributed by atoms with E-state index in [4.69, 9.17) is 31.1 Å². The van der Waals surface area contributed by atoms with Crippen molar-refractivity contribution in [3.63, 3.8) is 0 Å². The Morgan fingerprint density at radius 3 is 2.64 bits per heavy atom. The van der Waals surface area contributed by atoms with Crippen LogP contribution in [0.5, 0.6) is 17.2 Å². The van der Waals surface area contributed by atoms with Gasteiger partial charge in [0.25, 0.3) is 6.19 Å². The third-order valence-electron chi connectivity index (χ3n) is 6.53. The molecule has 0 aliphatic carbocycles. The van der Waals surface area contributed by atoms with Gasteiger partial charge in [-0.25, -0.2) is 9.97 Å². The van der Waals surface area contributed by atoms with Crippen LogP contribution >= 0.6 is 11.6 Å². The fourth-order valence-electron chi connectivity index (χ4n) is 4.15. The number of hydrogen-bond acceptors (Lipinski definition) is 9. The number of nitrogens with one attached hydrogen (secondary N) is 3. The number of ether oxygens (including phenoxy) is 3. The van der Waals surface area contributed by atoms with Crippen molar-refractivity contribution in [1.82, 2.24) is 30.5 Å². The molecule has 0 unspecified atom stereocenters. The minimum Gasteiger partial charge on any atom is -0.493 e. The first-order chi connectivity index (χ1) is 21.4. The molecule has 2 aromatic carbocycles. The number of benzene rings is 2. The van der Waals surface area contributed by atoms with Gasteiger partial charge in [-0.05, 0) is 50.5 Å². The molecular formula is C31H37ClN9O3+. The second kappa shape index (κ2) is 16.1. The van der Waals surface area contributed by atoms with Crippen molar-refractivity contribution in [2.24, 2.45) is 0 Å². The second-order valence-corrected chi connectivity index (χ2v) is 10.5. The zero-order valence-corrected chi connectivity index (χ0v) is 26.1. The Kier molecular flexibility index (Phi) is 11.7. The predicted octanol–water partition coefficient (Wildman–Crippen LogP) is 4.00. The molecule has 0 amide bonds. The zero-order chi connectivity index (χ0) is 31.3. The summed E-state index contributed by atoms with van der Waals surface area (Å²) >= 11 is 6.52. The number of likely N-dealkylation sites (N-methyl/N-ethyl adjacent to an activating group) is 2. The van der Waals surface area contributed by atoms with Crippen LogP contribution in [0.15, 0.2) is 61.1 Å². The number of anilines is 2. The van der Waals surface area contributed by atoms with E-state index in [1.54, 1.807) is 25.4 Å². The number of aromatic nitrogens is 3. The number of fused-ring (bicyclic) bond motifs is 1. The standard InChI is InChI=1S/C31H36ClN9O3/c1-40(2)13-14-41(3)31(36-20-33)35-12-7-15-43-29-17-24-26(18-28(29)42-4)37-21-38-30(24)39-22-9-10-27(25(32)16-22)44-19-23-8-5-6-11-34-23/h5-6,8-11,16-18,21H,7,12-15,19H2,1-4H3,(H2,35,36,37,38,39)/p+1. The van der Waals surface area contributed by atoms with Crippen LogP contribution in [0.3, 0.4) is 0 Å². The zero-order valence-electron chi connectivity index (χ0n) is 25.3. The van der Waals surface area contributed by atoms with Gasteiger partial charge in [0.2, 0.25) is 0 Å². The van der Waals surface area contributed by atoms with Crippen LogP contribution in [0.4, 0.5) is 11.5 Å². The second-order valence-electron chi connectivity index (χ2n) is 10.1. The predicted molar refractivity (Wildman–Crippen MR) is 171 cm³/mol. The van der Waals surface area contributed by atoms with Gasteiger partial charge in [-0.1, -0.05) is 17.7 Å². The molecule has 0 aliphatic rings. The highest BCUT2D eigenvalue weighted by Gasteiger charge is 2.14. The van der Waals surface area contributed by atoms with Crippen molar-refractivity contribution < 1.29 is 18.8 Å². The fourth-order valence-corrected chi connectivity index (χ4v) is 4.39. The number of nitrogens with zero attached hydrogens (tertiary/aromatic N) is 6. The number of methoxy groups -OCH3 is 1. The minimum atomic E-state index is 0.314. The molecule has 4 rings (SSSR count). The summed E-state index contributed by atoms with van der Waals surface area (Å²) < 4.78 is 19.5. The largest absolute Gasteiger partial charge is 0.493 e. The number of halogens is 1. The Labute approximate surface area is 262 Å². The molecule has 0 atom stereocenters. The topological polar surface area (TPSA) is 132 Å². The highest BCUT2D eigenvalue weighted by atomic mass is 35.5. The molecule has 0 saturated carbocycles. The SMILES string of the molecule is COc1cc2ncnc(Nc3ccc(OCc4ccccn4)c(Cl)c3)c2cc1OCCCNC(NC#N)=[N+](C)CCN(C)C. The van der Waals surface area contributed by atoms with Crippen LogP contribution in [0, 0.1) is 11.5 Å². The number of hydrogen-bond donors (Lipinski definition) is 3. The van der Waals surface area contributed by atoms with Gasteiger partial charge in [0.05, 0.1) is 50.1 Å². The molecule has 12 nitrogen and oxygen atoms in total. The third-order valence-corrected chi connectivity index (χ3v) is 6.82. The molecule has 230 valence electrons. The van der Waals surface area contributed by atoms with Gasteiger partial charge >= 0.3 is 5.96 Å². The summed E-state index contributed by atoms with van der Waals surface area (Å²) in [7, 11) is 7.54. The van der Waals surface area contributed by atoms with Gasteiger partial charge in [0.1, 0.15) is 24.5 Å². The van der Waals surface area contributed by atoms with Crippen LogP contribution in [-0.4, -0.2) is 84.9 Å². The van der Waals surface area contributed by atoms with Crippen LogP contribution < -0.4 is 30.2 Å². The van der Waals surface area contributed by atoms with Gasteiger partial charge in [-0.15, -0.1) is 0 Å². The molecule has 4 aromatic rings. The van der Waals surface area contributed by atoms with E-state index in [-0.39, 0.29) is 0 Å². The summed E-state index contributed by atoms with van der Waals surface area (Å²) in [6.07, 6.45) is 5.88. The molecule has 13 heteroatoms. The summed E-state index contributed by atoms with van der Waals surface area (Å²) in [5.41, 5.74) is 2.24. The molecule has 0 saturated heterocycles. The summed E-state index contributed by atoms with van der Waals surface area (Å²) in [5, 5.41) is 19.7. The minimum absolute atomic E-state index is 0.314. The lowest BCUT2D eigenvalue weighted by Crippen LogP contribution is -2.43. The van der Waals surface area contributed by atoms with Crippen LogP contribution in [-0.2, 0) is 6.61 Å². The van der Waals surface area contributed by atoms with Crippen molar-refractivity contribution in [3.05, 3.63) is 71.8 Å². The van der Waals surface area contributed by atoms with Crippen molar-refractivity contribution in [1.29, 1.82) is 5.26 Å². The van der Waals surface area contributed by atoms with Crippen molar-refractivity contribution in [3.8, 4) is 23.4 Å². The molecule has 44 heavy (non-hydrogen) atoms. The molecule has 0 fully saturated rings. The van der Waals surface area contributed by atoms with E-state index >= 15 is 0 Å². The van der Waals surface area contributed by atoms with E-state index in [0.29, 0.717) is 65.7 Å². The highest BCUT2D eigenvalue weighted by molar-refractivity contribution is 6.32. The van der Waals surface area contributed by atoms with Gasteiger partial charge in [-0.2, -0.15) is 10.6 Å². The van der Waals surface area contributed by atoms with E-state index in [1.807, 2.05) is 68.3 Å². The number of nitriles is 1. The molecule has 3 N–H and O–H groups in total. The van der Waals surface area contributed by atoms with E-state index in [0.717, 1.165) is 29.9 Å². The fraction of sp³-hybridized carbons (Fsp3) is 0.323. The summed E-state index contributed by atoms with van der Waals surface area (Å²) in [5.74, 6) is 2.92. The van der Waals surface area contributed by atoms with Gasteiger partial charge in [0, 0.05) is 36.3 Å². The first-order valence-electron chi connectivity index (χ1n) is 14.0. The van der Waals surface area contributed by atoms with E-state index in [2.05, 4.69) is 35.8 Å². The molecule has 0 aliphatic heterocycles. The smallest absolute Gasteiger partial charge is 0.360 e. The van der Waals surface area contributed by atoms with E-state index < -0.39 is 0 Å². The molecular weight excluding hydrogens is 582 g/mol. The van der Waals surface area contributed by atoms with Crippen LogP contribution in [0.2, 0.25) is 5.02 Å². The maximum absolute atomic E-state index is 9.13. The number of pyridine rings is 1. The normalized spacial score (nSPS) is 11.5. The first kappa shape index (κ1) is 32.1. The molecule has 0 radical (unpaired) electrons. The average Bonchev–Trinajstić information content (AvgIpc) is 3.03. The Morgan fingerprint density at radius 1 is 1.05 bits per heavy atom. The number of rotatable bonds is 14. The quantitative estimate of drug-likeness (QED) is 0.0473. The maximum atomic E-state index is 9.13. The summed E-state index contributed by atoms with van der Waals surface area (Å²) in [6, 6.07) is 14.8. The van der Waals surface area contributed by atoms with Gasteiger partial charge in [0.15, 0.2) is 11.5 Å². The van der Waals surface area contributed by atoms with Crippen molar-refractivity contribution in [2.45, 2.75) is 13.0 Å². The maximum Gasteiger partial charge on any atom is 0.360 e. The van der Waals surface area contributed by atoms with E-state index in [9.17, 15) is 0 Å². The van der Waals surface area contributed by atoms with Crippen molar-refractivity contribution in [2.75, 3.05) is 59.8 Å². The Balaban J connectivity index is 1.41. The lowest BCUT2D eigenvalue weighted by Gasteiger charge is -2.15. The third kappa shape index (κ3) is 9.07. The Bertz CT molecular complexity index is 1610. The summed E-state index contributed by atoms with van der Waals surface area (Å²) in [4.78, 5) is 15.2. The van der Waals surface area contributed by atoms with Crippen LogP contribution in [0.25, 0.3) is 10.9 Å². The van der Waals surface area contributed by atoms with Crippen molar-refractivity contribution >= 4 is 40.0 Å². The molecule has 0 spiro atoms. The van der Waals surface area contributed by atoms with Crippen LogP contribution in [0.1, 0.15) is 12.1 Å². The molecule has 2 heterocycles.